The van der Waals surface area contributed by atoms with Gasteiger partial charge in [0, 0.05) is 17.5 Å². The predicted molar refractivity (Wildman–Crippen MR) is 113 cm³/mol. The van der Waals surface area contributed by atoms with Crippen molar-refractivity contribution in [3.05, 3.63) is 23.3 Å². The average molecular weight is 460 g/mol. The van der Waals surface area contributed by atoms with E-state index in [-0.39, 0.29) is 43.1 Å². The van der Waals surface area contributed by atoms with Crippen LogP contribution in [0.4, 0.5) is 13.2 Å². The number of amides is 1. The summed E-state index contributed by atoms with van der Waals surface area (Å²) < 4.78 is 49.3. The van der Waals surface area contributed by atoms with Crippen LogP contribution in [0.5, 0.6) is 11.5 Å². The molecule has 0 saturated heterocycles. The Morgan fingerprint density at radius 3 is 2.38 bits per heavy atom. The molecule has 0 radical (unpaired) electrons. The minimum atomic E-state index is -4.88. The van der Waals surface area contributed by atoms with Gasteiger partial charge in [-0.3, -0.25) is 10.2 Å². The number of rotatable bonds is 10. The standard InChI is InChI=1S/C22H31F3N2O5/c1-6-8-14-16(11-10-15(18(14)29)19(26)22(23,24)25)31-12-7-9-17(28)27-13(2)20(30)32-21(3,4)5/h10-11,13,26,29H,6-9,12H2,1-5H3,(H,27,28)/t13-/m0/s1. The van der Waals surface area contributed by atoms with Crippen molar-refractivity contribution >= 4 is 17.6 Å². The average Bonchev–Trinajstić information content (AvgIpc) is 2.65. The van der Waals surface area contributed by atoms with E-state index in [9.17, 15) is 27.9 Å². The number of hydrogen-bond acceptors (Lipinski definition) is 6. The summed E-state index contributed by atoms with van der Waals surface area (Å²) in [5, 5.41) is 20.1. The minimum Gasteiger partial charge on any atom is -0.507 e. The van der Waals surface area contributed by atoms with Gasteiger partial charge in [-0.2, -0.15) is 13.2 Å². The normalized spacial score (nSPS) is 12.8. The molecular weight excluding hydrogens is 429 g/mol. The number of alkyl halides is 3. The maximum Gasteiger partial charge on any atom is 0.433 e. The Balaban J connectivity index is 2.69. The number of carbonyl (C=O) groups excluding carboxylic acids is 2. The Kier molecular flexibility index (Phi) is 9.53. The summed E-state index contributed by atoms with van der Waals surface area (Å²) in [5.41, 5.74) is -2.72. The van der Waals surface area contributed by atoms with E-state index in [4.69, 9.17) is 14.9 Å². The van der Waals surface area contributed by atoms with E-state index in [1.165, 1.54) is 13.0 Å². The number of benzene rings is 1. The lowest BCUT2D eigenvalue weighted by atomic mass is 10.00. The van der Waals surface area contributed by atoms with E-state index in [1.807, 2.05) is 0 Å². The molecule has 0 aliphatic rings. The second-order valence-electron chi connectivity index (χ2n) is 8.34. The molecule has 1 atom stereocenters. The Hall–Kier alpha value is -2.78. The fourth-order valence-corrected chi connectivity index (χ4v) is 2.78. The molecule has 1 rings (SSSR count). The third-order valence-corrected chi connectivity index (χ3v) is 4.24. The van der Waals surface area contributed by atoms with Gasteiger partial charge >= 0.3 is 12.1 Å². The predicted octanol–water partition coefficient (Wildman–Crippen LogP) is 4.28. The summed E-state index contributed by atoms with van der Waals surface area (Å²) >= 11 is 0. The molecule has 0 aliphatic heterocycles. The van der Waals surface area contributed by atoms with Gasteiger partial charge in [-0.25, -0.2) is 4.79 Å². The molecule has 1 aromatic rings. The summed E-state index contributed by atoms with van der Waals surface area (Å²) in [5.74, 6) is -1.36. The summed E-state index contributed by atoms with van der Waals surface area (Å²) in [6, 6.07) is 1.46. The molecule has 7 nitrogen and oxygen atoms in total. The lowest BCUT2D eigenvalue weighted by Gasteiger charge is -2.22. The summed E-state index contributed by atoms with van der Waals surface area (Å²) in [7, 11) is 0. The van der Waals surface area contributed by atoms with Gasteiger partial charge in [0.25, 0.3) is 0 Å². The van der Waals surface area contributed by atoms with Gasteiger partial charge in [0.1, 0.15) is 28.9 Å². The summed E-state index contributed by atoms with van der Waals surface area (Å²) in [6.07, 6.45) is -3.75. The van der Waals surface area contributed by atoms with Crippen LogP contribution in [0.15, 0.2) is 12.1 Å². The van der Waals surface area contributed by atoms with Crippen molar-refractivity contribution in [3.63, 3.8) is 0 Å². The first-order chi connectivity index (χ1) is 14.7. The van der Waals surface area contributed by atoms with Gasteiger partial charge < -0.3 is 19.9 Å². The van der Waals surface area contributed by atoms with Crippen LogP contribution in [0.25, 0.3) is 0 Å². The van der Waals surface area contributed by atoms with Crippen molar-refractivity contribution in [2.24, 2.45) is 0 Å². The van der Waals surface area contributed by atoms with Crippen LogP contribution in [0.1, 0.15) is 65.0 Å². The fourth-order valence-electron chi connectivity index (χ4n) is 2.78. The van der Waals surface area contributed by atoms with E-state index >= 15 is 0 Å². The van der Waals surface area contributed by atoms with E-state index in [0.29, 0.717) is 6.42 Å². The maximum absolute atomic E-state index is 12.8. The lowest BCUT2D eigenvalue weighted by Crippen LogP contribution is -2.42. The maximum atomic E-state index is 12.8. The monoisotopic (exact) mass is 460 g/mol. The van der Waals surface area contributed by atoms with Crippen molar-refractivity contribution in [2.75, 3.05) is 6.61 Å². The molecular formula is C22H31F3N2O5. The van der Waals surface area contributed by atoms with Crippen molar-refractivity contribution in [1.29, 1.82) is 5.41 Å². The molecule has 3 N–H and O–H groups in total. The van der Waals surface area contributed by atoms with Gasteiger partial charge in [-0.1, -0.05) is 13.3 Å². The van der Waals surface area contributed by atoms with E-state index in [0.717, 1.165) is 6.07 Å². The largest absolute Gasteiger partial charge is 0.507 e. The number of nitrogens with one attached hydrogen (secondary N) is 2. The molecule has 0 aliphatic carbocycles. The highest BCUT2D eigenvalue weighted by atomic mass is 19.4. The number of ether oxygens (including phenoxy) is 2. The van der Waals surface area contributed by atoms with Crippen molar-refractivity contribution in [2.45, 2.75) is 78.1 Å². The van der Waals surface area contributed by atoms with E-state index in [2.05, 4.69) is 5.32 Å². The first kappa shape index (κ1) is 27.3. The molecule has 0 fully saturated rings. The molecule has 1 aromatic carbocycles. The Labute approximate surface area is 185 Å². The number of carbonyl (C=O) groups is 2. The summed E-state index contributed by atoms with van der Waals surface area (Å²) in [4.78, 5) is 23.9. The van der Waals surface area contributed by atoms with Gasteiger partial charge in [0.15, 0.2) is 0 Å². The Morgan fingerprint density at radius 1 is 1.22 bits per heavy atom. The fraction of sp³-hybridized carbons (Fsp3) is 0.591. The Morgan fingerprint density at radius 2 is 1.84 bits per heavy atom. The van der Waals surface area contributed by atoms with Crippen molar-refractivity contribution in [3.8, 4) is 11.5 Å². The molecule has 10 heteroatoms. The van der Waals surface area contributed by atoms with E-state index < -0.39 is 40.8 Å². The number of hydrogen-bond donors (Lipinski definition) is 3. The van der Waals surface area contributed by atoms with Crippen LogP contribution in [-0.4, -0.2) is 47.1 Å². The highest BCUT2D eigenvalue weighted by Crippen LogP contribution is 2.35. The molecule has 0 unspecified atom stereocenters. The second-order valence-corrected chi connectivity index (χ2v) is 8.34. The first-order valence-electron chi connectivity index (χ1n) is 10.3. The molecule has 0 aromatic heterocycles. The van der Waals surface area contributed by atoms with Gasteiger partial charge in [-0.05, 0) is 52.7 Å². The van der Waals surface area contributed by atoms with Gasteiger partial charge in [0.2, 0.25) is 5.91 Å². The summed E-state index contributed by atoms with van der Waals surface area (Å²) in [6.45, 7) is 8.55. The van der Waals surface area contributed by atoms with Crippen LogP contribution in [0.3, 0.4) is 0 Å². The lowest BCUT2D eigenvalue weighted by molar-refractivity contribution is -0.158. The molecule has 0 spiro atoms. The van der Waals surface area contributed by atoms with Crippen LogP contribution in [-0.2, 0) is 20.7 Å². The third kappa shape index (κ3) is 8.39. The number of phenols is 1. The zero-order chi connectivity index (χ0) is 24.7. The van der Waals surface area contributed by atoms with E-state index in [1.54, 1.807) is 27.7 Å². The molecule has 1 amide bonds. The smallest absolute Gasteiger partial charge is 0.433 e. The van der Waals surface area contributed by atoms with Crippen LogP contribution >= 0.6 is 0 Å². The molecule has 180 valence electrons. The molecule has 0 heterocycles. The van der Waals surface area contributed by atoms with Crippen molar-refractivity contribution < 1.29 is 37.3 Å². The molecule has 32 heavy (non-hydrogen) atoms. The zero-order valence-electron chi connectivity index (χ0n) is 19.0. The topological polar surface area (TPSA) is 109 Å². The molecule has 0 saturated carbocycles. The number of esters is 1. The number of aromatic hydroxyl groups is 1. The van der Waals surface area contributed by atoms with Crippen LogP contribution in [0, 0.1) is 5.41 Å². The zero-order valence-corrected chi connectivity index (χ0v) is 19.0. The van der Waals surface area contributed by atoms with Crippen LogP contribution in [0.2, 0.25) is 0 Å². The third-order valence-electron chi connectivity index (χ3n) is 4.24. The quantitative estimate of drug-likeness (QED) is 0.274. The highest BCUT2D eigenvalue weighted by Gasteiger charge is 2.37. The first-order valence-corrected chi connectivity index (χ1v) is 10.3. The Bertz CT molecular complexity index is 832. The van der Waals surface area contributed by atoms with Gasteiger partial charge in [-0.15, -0.1) is 0 Å². The number of halogens is 3. The van der Waals surface area contributed by atoms with Crippen LogP contribution < -0.4 is 10.1 Å². The van der Waals surface area contributed by atoms with Crippen molar-refractivity contribution in [1.82, 2.24) is 5.32 Å². The SMILES string of the molecule is CCCc1c(OCCCC(=O)N[C@@H](C)C(=O)OC(C)(C)C)ccc(C(=N)C(F)(F)F)c1O. The number of phenolic OH excluding ortho intramolecular Hbond substituents is 1. The minimum absolute atomic E-state index is 0.0546. The highest BCUT2D eigenvalue weighted by molar-refractivity contribution is 6.04. The molecule has 0 bridgehead atoms. The second kappa shape index (κ2) is 11.2. The van der Waals surface area contributed by atoms with Gasteiger partial charge in [0.05, 0.1) is 6.61 Å².